The number of benzene rings is 1. The third-order valence-corrected chi connectivity index (χ3v) is 4.20. The highest BCUT2D eigenvalue weighted by molar-refractivity contribution is 5.99. The van der Waals surface area contributed by atoms with Crippen LogP contribution in [0.3, 0.4) is 0 Å². The van der Waals surface area contributed by atoms with E-state index in [0.717, 1.165) is 23.3 Å². The molecule has 0 saturated carbocycles. The van der Waals surface area contributed by atoms with Crippen molar-refractivity contribution in [1.82, 2.24) is 10.2 Å². The summed E-state index contributed by atoms with van der Waals surface area (Å²) in [6.45, 7) is 7.17. The van der Waals surface area contributed by atoms with Gasteiger partial charge in [-0.15, -0.1) is 0 Å². The zero-order valence-electron chi connectivity index (χ0n) is 17.1. The molecule has 1 aromatic rings. The van der Waals surface area contributed by atoms with E-state index >= 15 is 0 Å². The minimum atomic E-state index is -1.05. The number of hydrogen-bond donors (Lipinski definition) is 1. The van der Waals surface area contributed by atoms with Gasteiger partial charge in [-0.1, -0.05) is 19.4 Å². The van der Waals surface area contributed by atoms with Gasteiger partial charge in [-0.05, 0) is 44.0 Å². The summed E-state index contributed by atoms with van der Waals surface area (Å²) in [6, 6.07) is 4.90. The topological polar surface area (TPSA) is 94.2 Å². The summed E-state index contributed by atoms with van der Waals surface area (Å²) in [6.07, 6.45) is 3.74. The minimum Gasteiger partial charge on any atom is -0.490 e. The van der Waals surface area contributed by atoms with Crippen LogP contribution in [-0.4, -0.2) is 55.2 Å². The molecule has 0 radical (unpaired) electrons. The fourth-order valence-corrected chi connectivity index (χ4v) is 2.67. The summed E-state index contributed by atoms with van der Waals surface area (Å²) in [5, 5.41) is 2.53. The first-order valence-electron chi connectivity index (χ1n) is 9.83. The van der Waals surface area contributed by atoms with Crippen LogP contribution in [0.5, 0.6) is 11.5 Å². The lowest BCUT2D eigenvalue weighted by atomic mass is 10.2. The zero-order chi connectivity index (χ0) is 21.2. The number of rotatable bonds is 10. The predicted molar refractivity (Wildman–Crippen MR) is 108 cm³/mol. The van der Waals surface area contributed by atoms with Gasteiger partial charge in [0.1, 0.15) is 0 Å². The molecule has 1 unspecified atom stereocenters. The molecule has 1 saturated heterocycles. The zero-order valence-corrected chi connectivity index (χ0v) is 17.1. The Morgan fingerprint density at radius 2 is 2.03 bits per heavy atom. The van der Waals surface area contributed by atoms with E-state index in [-0.39, 0.29) is 6.54 Å². The Labute approximate surface area is 170 Å². The lowest BCUT2D eigenvalue weighted by molar-refractivity contribution is -0.153. The molecule has 29 heavy (non-hydrogen) atoms. The van der Waals surface area contributed by atoms with Crippen LogP contribution in [0.25, 0.3) is 6.08 Å². The van der Waals surface area contributed by atoms with Crippen LogP contribution >= 0.6 is 0 Å². The van der Waals surface area contributed by atoms with Gasteiger partial charge in [0.25, 0.3) is 5.91 Å². The monoisotopic (exact) mass is 404 g/mol. The van der Waals surface area contributed by atoms with E-state index in [0.29, 0.717) is 31.3 Å². The first-order chi connectivity index (χ1) is 14.0. The van der Waals surface area contributed by atoms with Gasteiger partial charge in [-0.2, -0.15) is 0 Å². The van der Waals surface area contributed by atoms with Gasteiger partial charge in [-0.25, -0.2) is 9.59 Å². The summed E-state index contributed by atoms with van der Waals surface area (Å²) in [4.78, 5) is 36.8. The second-order valence-corrected chi connectivity index (χ2v) is 6.48. The Kier molecular flexibility index (Phi) is 8.51. The molecule has 1 heterocycles. The maximum Gasteiger partial charge on any atom is 0.331 e. The Balaban J connectivity index is 1.96. The molecule has 0 aliphatic carbocycles. The number of carbonyl (C=O) groups is 3. The normalized spacial score (nSPS) is 14.6. The standard InChI is InChI=1S/C21H28N2O6/c1-4-6-13-28-17-9-7-16(14-18(17)27-5-2)8-10-19(24)29-15(3)20(25)23-12-11-22-21(23)26/h7-10,14-15H,4-6,11-13H2,1-3H3,(H,22,26)/b10-8+. The molecule has 1 N–H and O–H groups in total. The molecular weight excluding hydrogens is 376 g/mol. The summed E-state index contributed by atoms with van der Waals surface area (Å²) in [5.41, 5.74) is 0.728. The minimum absolute atomic E-state index is 0.266. The number of unbranched alkanes of at least 4 members (excludes halogenated alkanes) is 1. The molecule has 1 aliphatic rings. The Morgan fingerprint density at radius 3 is 2.69 bits per heavy atom. The van der Waals surface area contributed by atoms with E-state index in [1.165, 1.54) is 13.0 Å². The second kappa shape index (κ2) is 11.1. The van der Waals surface area contributed by atoms with Crippen molar-refractivity contribution in [2.45, 2.75) is 39.7 Å². The molecule has 0 aromatic heterocycles. The van der Waals surface area contributed by atoms with Crippen LogP contribution in [0.2, 0.25) is 0 Å². The molecule has 1 aromatic carbocycles. The molecule has 0 spiro atoms. The van der Waals surface area contributed by atoms with Gasteiger partial charge in [0.2, 0.25) is 0 Å². The molecule has 3 amide bonds. The van der Waals surface area contributed by atoms with E-state index in [1.54, 1.807) is 24.3 Å². The largest absolute Gasteiger partial charge is 0.490 e. The lowest BCUT2D eigenvalue weighted by Gasteiger charge is -2.17. The van der Waals surface area contributed by atoms with Crippen molar-refractivity contribution in [3.8, 4) is 11.5 Å². The number of hydrogen-bond acceptors (Lipinski definition) is 6. The maximum atomic E-state index is 12.2. The molecule has 8 heteroatoms. The predicted octanol–water partition coefficient (Wildman–Crippen LogP) is 2.76. The van der Waals surface area contributed by atoms with E-state index in [2.05, 4.69) is 12.2 Å². The van der Waals surface area contributed by atoms with E-state index < -0.39 is 24.0 Å². The number of nitrogens with one attached hydrogen (secondary N) is 1. The molecule has 8 nitrogen and oxygen atoms in total. The Bertz CT molecular complexity index is 762. The highest BCUT2D eigenvalue weighted by Gasteiger charge is 2.31. The third-order valence-electron chi connectivity index (χ3n) is 4.20. The second-order valence-electron chi connectivity index (χ2n) is 6.48. The van der Waals surface area contributed by atoms with E-state index in [4.69, 9.17) is 14.2 Å². The van der Waals surface area contributed by atoms with Crippen molar-refractivity contribution in [3.63, 3.8) is 0 Å². The third kappa shape index (κ3) is 6.51. The summed E-state index contributed by atoms with van der Waals surface area (Å²) in [7, 11) is 0. The summed E-state index contributed by atoms with van der Waals surface area (Å²) >= 11 is 0. The molecule has 2 rings (SSSR count). The van der Waals surface area contributed by atoms with Crippen molar-refractivity contribution in [2.24, 2.45) is 0 Å². The van der Waals surface area contributed by atoms with Crippen molar-refractivity contribution in [2.75, 3.05) is 26.3 Å². The smallest absolute Gasteiger partial charge is 0.331 e. The summed E-state index contributed by atoms with van der Waals surface area (Å²) in [5.74, 6) is 0.0338. The highest BCUT2D eigenvalue weighted by Crippen LogP contribution is 2.29. The Morgan fingerprint density at radius 1 is 1.24 bits per heavy atom. The van der Waals surface area contributed by atoms with E-state index in [9.17, 15) is 14.4 Å². The number of ether oxygens (including phenoxy) is 3. The van der Waals surface area contributed by atoms with Gasteiger partial charge in [0, 0.05) is 19.2 Å². The number of amides is 3. The highest BCUT2D eigenvalue weighted by atomic mass is 16.5. The number of esters is 1. The quantitative estimate of drug-likeness (QED) is 0.366. The SMILES string of the molecule is CCCCOc1ccc(/C=C/C(=O)OC(C)C(=O)N2CCNC2=O)cc1OCC. The first-order valence-corrected chi connectivity index (χ1v) is 9.83. The first kappa shape index (κ1) is 22.3. The maximum absolute atomic E-state index is 12.2. The fourth-order valence-electron chi connectivity index (χ4n) is 2.67. The number of carbonyl (C=O) groups excluding carboxylic acids is 3. The Hall–Kier alpha value is -3.03. The van der Waals surface area contributed by atoms with Crippen molar-refractivity contribution >= 4 is 24.0 Å². The van der Waals surface area contributed by atoms with Gasteiger partial charge in [0.05, 0.1) is 13.2 Å². The van der Waals surface area contributed by atoms with Crippen LogP contribution in [-0.2, 0) is 14.3 Å². The van der Waals surface area contributed by atoms with Gasteiger partial charge >= 0.3 is 12.0 Å². The van der Waals surface area contributed by atoms with E-state index in [1.807, 2.05) is 6.92 Å². The van der Waals surface area contributed by atoms with Crippen LogP contribution in [0.15, 0.2) is 24.3 Å². The number of imide groups is 1. The molecule has 158 valence electrons. The molecular formula is C21H28N2O6. The fraction of sp³-hybridized carbons (Fsp3) is 0.476. The lowest BCUT2D eigenvalue weighted by Crippen LogP contribution is -2.41. The van der Waals surface area contributed by atoms with Gasteiger partial charge in [-0.3, -0.25) is 9.69 Å². The number of urea groups is 1. The molecule has 1 fully saturated rings. The number of nitrogens with zero attached hydrogens (tertiary/aromatic N) is 1. The van der Waals surface area contributed by atoms with Gasteiger partial charge in [0.15, 0.2) is 17.6 Å². The average molecular weight is 404 g/mol. The van der Waals surface area contributed by atoms with Crippen LogP contribution in [0.4, 0.5) is 4.79 Å². The summed E-state index contributed by atoms with van der Waals surface area (Å²) < 4.78 is 16.5. The van der Waals surface area contributed by atoms with Crippen molar-refractivity contribution < 1.29 is 28.6 Å². The van der Waals surface area contributed by atoms with Crippen molar-refractivity contribution in [1.29, 1.82) is 0 Å². The molecule has 1 aliphatic heterocycles. The molecule has 0 bridgehead atoms. The van der Waals surface area contributed by atoms with Crippen LogP contribution < -0.4 is 14.8 Å². The van der Waals surface area contributed by atoms with Gasteiger partial charge < -0.3 is 19.5 Å². The van der Waals surface area contributed by atoms with Crippen LogP contribution in [0, 0.1) is 0 Å². The molecule has 1 atom stereocenters. The van der Waals surface area contributed by atoms with Crippen LogP contribution in [0.1, 0.15) is 39.2 Å². The van der Waals surface area contributed by atoms with Crippen molar-refractivity contribution in [3.05, 3.63) is 29.8 Å². The average Bonchev–Trinajstić information content (AvgIpc) is 3.13.